The van der Waals surface area contributed by atoms with Gasteiger partial charge in [0.25, 0.3) is 0 Å². The highest BCUT2D eigenvalue weighted by Crippen LogP contribution is 2.21. The molecule has 0 radical (unpaired) electrons. The maximum atomic E-state index is 11.9. The van der Waals surface area contributed by atoms with Gasteiger partial charge in [-0.1, -0.05) is 13.8 Å². The van der Waals surface area contributed by atoms with Gasteiger partial charge in [0.05, 0.1) is 12.4 Å². The van der Waals surface area contributed by atoms with E-state index in [0.717, 1.165) is 0 Å². The van der Waals surface area contributed by atoms with Crippen molar-refractivity contribution in [1.82, 2.24) is 14.9 Å². The molecular formula is C11H21N3O4S. The van der Waals surface area contributed by atoms with E-state index in [2.05, 4.69) is 14.9 Å². The summed E-state index contributed by atoms with van der Waals surface area (Å²) in [6, 6.07) is -0.497. The fourth-order valence-electron chi connectivity index (χ4n) is 1.59. The number of sulfonamides is 1. The molecule has 0 fully saturated rings. The molecule has 1 N–H and O–H groups in total. The van der Waals surface area contributed by atoms with E-state index in [4.69, 9.17) is 9.15 Å². The van der Waals surface area contributed by atoms with Crippen LogP contribution in [0, 0.1) is 12.8 Å². The van der Waals surface area contributed by atoms with Crippen molar-refractivity contribution in [1.29, 1.82) is 0 Å². The number of rotatable bonds is 8. The van der Waals surface area contributed by atoms with E-state index in [1.807, 2.05) is 13.8 Å². The van der Waals surface area contributed by atoms with Gasteiger partial charge in [0.15, 0.2) is 0 Å². The standard InChI is InChI=1S/C11H21N3O4S/c1-8(2)7-10(11-13-12-9(3)18-11)14-19(15,16)6-5-17-4/h8,10,14H,5-7H2,1-4H3. The largest absolute Gasteiger partial charge is 0.424 e. The molecule has 0 saturated heterocycles. The third-order valence-corrected chi connectivity index (χ3v) is 3.77. The first-order chi connectivity index (χ1) is 8.84. The summed E-state index contributed by atoms with van der Waals surface area (Å²) in [6.45, 7) is 5.81. The average Bonchev–Trinajstić information content (AvgIpc) is 2.71. The molecular weight excluding hydrogens is 270 g/mol. The first kappa shape index (κ1) is 16.1. The zero-order chi connectivity index (χ0) is 14.5. The van der Waals surface area contributed by atoms with Crippen LogP contribution in [0.2, 0.25) is 0 Å². The predicted octanol–water partition coefficient (Wildman–Crippen LogP) is 1.03. The fourth-order valence-corrected chi connectivity index (χ4v) is 2.73. The first-order valence-corrected chi connectivity index (χ1v) is 7.78. The Morgan fingerprint density at radius 2 is 2.05 bits per heavy atom. The van der Waals surface area contributed by atoms with Crippen molar-refractivity contribution in [2.24, 2.45) is 5.92 Å². The predicted molar refractivity (Wildman–Crippen MR) is 70.0 cm³/mol. The lowest BCUT2D eigenvalue weighted by atomic mass is 10.0. The molecule has 1 rings (SSSR count). The second-order valence-electron chi connectivity index (χ2n) is 4.77. The number of ether oxygens (including phenoxy) is 1. The summed E-state index contributed by atoms with van der Waals surface area (Å²) in [6.07, 6.45) is 0.591. The Balaban J connectivity index is 2.81. The fraction of sp³-hybridized carbons (Fsp3) is 0.818. The normalized spacial score (nSPS) is 13.9. The zero-order valence-corrected chi connectivity index (χ0v) is 12.5. The number of aromatic nitrogens is 2. The summed E-state index contributed by atoms with van der Waals surface area (Å²) in [7, 11) is -1.97. The highest BCUT2D eigenvalue weighted by atomic mass is 32.2. The van der Waals surface area contributed by atoms with Crippen LogP contribution < -0.4 is 4.72 Å². The minimum absolute atomic E-state index is 0.0920. The minimum atomic E-state index is -3.43. The summed E-state index contributed by atoms with van der Waals surface area (Å²) in [4.78, 5) is 0. The molecule has 7 nitrogen and oxygen atoms in total. The number of hydrogen-bond donors (Lipinski definition) is 1. The van der Waals surface area contributed by atoms with E-state index in [0.29, 0.717) is 24.1 Å². The molecule has 0 bridgehead atoms. The lowest BCUT2D eigenvalue weighted by molar-refractivity contribution is 0.216. The van der Waals surface area contributed by atoms with Crippen molar-refractivity contribution in [2.45, 2.75) is 33.2 Å². The van der Waals surface area contributed by atoms with Crippen LogP contribution in [-0.2, 0) is 14.8 Å². The van der Waals surface area contributed by atoms with Crippen LogP contribution in [0.4, 0.5) is 0 Å². The Labute approximate surface area is 113 Å². The molecule has 0 aromatic carbocycles. The first-order valence-electron chi connectivity index (χ1n) is 6.13. The summed E-state index contributed by atoms with van der Waals surface area (Å²) in [5, 5.41) is 7.62. The SMILES string of the molecule is COCCS(=O)(=O)NC(CC(C)C)c1nnc(C)o1. The molecule has 19 heavy (non-hydrogen) atoms. The van der Waals surface area contributed by atoms with E-state index in [9.17, 15) is 8.42 Å². The van der Waals surface area contributed by atoms with Gasteiger partial charge in [0, 0.05) is 14.0 Å². The molecule has 1 aromatic heterocycles. The lowest BCUT2D eigenvalue weighted by Crippen LogP contribution is -2.33. The van der Waals surface area contributed by atoms with Crippen LogP contribution in [0.15, 0.2) is 4.42 Å². The quantitative estimate of drug-likeness (QED) is 0.768. The molecule has 0 aliphatic rings. The molecule has 8 heteroatoms. The molecule has 1 atom stereocenters. The number of hydrogen-bond acceptors (Lipinski definition) is 6. The molecule has 0 saturated carbocycles. The monoisotopic (exact) mass is 291 g/mol. The van der Waals surface area contributed by atoms with Crippen LogP contribution in [0.5, 0.6) is 0 Å². The van der Waals surface area contributed by atoms with E-state index >= 15 is 0 Å². The number of nitrogens with zero attached hydrogens (tertiary/aromatic N) is 2. The maximum Gasteiger partial charge on any atom is 0.234 e. The molecule has 1 aromatic rings. The zero-order valence-electron chi connectivity index (χ0n) is 11.7. The van der Waals surface area contributed by atoms with Crippen LogP contribution >= 0.6 is 0 Å². The van der Waals surface area contributed by atoms with Gasteiger partial charge < -0.3 is 9.15 Å². The van der Waals surface area contributed by atoms with E-state index in [1.165, 1.54) is 7.11 Å². The Kier molecular flexibility index (Phi) is 5.89. The van der Waals surface area contributed by atoms with Gasteiger partial charge in [0.2, 0.25) is 21.8 Å². The molecule has 0 amide bonds. The number of nitrogens with one attached hydrogen (secondary N) is 1. The highest BCUT2D eigenvalue weighted by molar-refractivity contribution is 7.89. The van der Waals surface area contributed by atoms with Gasteiger partial charge in [-0.3, -0.25) is 0 Å². The Bertz CT molecular complexity index is 484. The van der Waals surface area contributed by atoms with E-state index in [-0.39, 0.29) is 12.4 Å². The van der Waals surface area contributed by atoms with Gasteiger partial charge in [0.1, 0.15) is 6.04 Å². The lowest BCUT2D eigenvalue weighted by Gasteiger charge is -2.17. The Hall–Kier alpha value is -0.990. The van der Waals surface area contributed by atoms with Gasteiger partial charge in [-0.2, -0.15) is 0 Å². The molecule has 1 unspecified atom stereocenters. The topological polar surface area (TPSA) is 94.3 Å². The second-order valence-corrected chi connectivity index (χ2v) is 6.64. The highest BCUT2D eigenvalue weighted by Gasteiger charge is 2.24. The van der Waals surface area contributed by atoms with Crippen LogP contribution in [0.1, 0.15) is 38.1 Å². The molecule has 0 spiro atoms. The van der Waals surface area contributed by atoms with Gasteiger partial charge in [-0.05, 0) is 12.3 Å². The number of methoxy groups -OCH3 is 1. The average molecular weight is 291 g/mol. The van der Waals surface area contributed by atoms with Crippen LogP contribution in [0.25, 0.3) is 0 Å². The van der Waals surface area contributed by atoms with E-state index in [1.54, 1.807) is 6.92 Å². The summed E-state index contributed by atoms with van der Waals surface area (Å²) in [5.41, 5.74) is 0. The third kappa shape index (κ3) is 5.66. The summed E-state index contributed by atoms with van der Waals surface area (Å²) in [5.74, 6) is 0.917. The van der Waals surface area contributed by atoms with Crippen molar-refractivity contribution in [3.8, 4) is 0 Å². The van der Waals surface area contributed by atoms with Gasteiger partial charge in [-0.25, -0.2) is 13.1 Å². The summed E-state index contributed by atoms with van der Waals surface area (Å²) >= 11 is 0. The van der Waals surface area contributed by atoms with Crippen molar-refractivity contribution >= 4 is 10.0 Å². The molecule has 0 aliphatic heterocycles. The third-order valence-electron chi connectivity index (χ3n) is 2.42. The Morgan fingerprint density at radius 3 is 2.53 bits per heavy atom. The van der Waals surface area contributed by atoms with Crippen molar-refractivity contribution in [3.05, 3.63) is 11.8 Å². The maximum absolute atomic E-state index is 11.9. The van der Waals surface area contributed by atoms with Crippen LogP contribution in [-0.4, -0.2) is 38.1 Å². The molecule has 110 valence electrons. The van der Waals surface area contributed by atoms with E-state index < -0.39 is 16.1 Å². The summed E-state index contributed by atoms with van der Waals surface area (Å²) < 4.78 is 36.4. The molecule has 0 aliphatic carbocycles. The second kappa shape index (κ2) is 6.97. The minimum Gasteiger partial charge on any atom is -0.424 e. The van der Waals surface area contributed by atoms with Gasteiger partial charge in [-0.15, -0.1) is 10.2 Å². The van der Waals surface area contributed by atoms with Crippen molar-refractivity contribution < 1.29 is 17.6 Å². The Morgan fingerprint density at radius 1 is 1.37 bits per heavy atom. The van der Waals surface area contributed by atoms with Crippen molar-refractivity contribution in [3.63, 3.8) is 0 Å². The smallest absolute Gasteiger partial charge is 0.234 e. The van der Waals surface area contributed by atoms with Gasteiger partial charge >= 0.3 is 0 Å². The molecule has 1 heterocycles. The van der Waals surface area contributed by atoms with Crippen LogP contribution in [0.3, 0.4) is 0 Å². The number of aryl methyl sites for hydroxylation is 1. The van der Waals surface area contributed by atoms with Crippen molar-refractivity contribution in [2.75, 3.05) is 19.5 Å².